The third-order valence-corrected chi connectivity index (χ3v) is 4.23. The summed E-state index contributed by atoms with van der Waals surface area (Å²) in [4.78, 5) is 21.9. The molecule has 0 radical (unpaired) electrons. The second-order valence-electron chi connectivity index (χ2n) is 5.69. The molecule has 0 unspecified atom stereocenters. The summed E-state index contributed by atoms with van der Waals surface area (Å²) in [6.07, 6.45) is 3.35. The Morgan fingerprint density at radius 2 is 1.83 bits per heavy atom. The lowest BCUT2D eigenvalue weighted by atomic mass is 10.3. The zero-order valence-corrected chi connectivity index (χ0v) is 13.3. The van der Waals surface area contributed by atoms with Crippen molar-refractivity contribution < 1.29 is 0 Å². The molecule has 1 saturated heterocycles. The highest BCUT2D eigenvalue weighted by atomic mass is 15.3. The van der Waals surface area contributed by atoms with Gasteiger partial charge in [0.1, 0.15) is 23.9 Å². The van der Waals surface area contributed by atoms with E-state index in [1.54, 1.807) is 18.7 Å². The Hall–Kier alpha value is -3.21. The molecule has 8 heteroatoms. The molecule has 0 aromatic carbocycles. The maximum Gasteiger partial charge on any atom is 0.165 e. The lowest BCUT2D eigenvalue weighted by Gasteiger charge is -2.36. The van der Waals surface area contributed by atoms with E-state index >= 15 is 0 Å². The zero-order chi connectivity index (χ0) is 16.5. The number of anilines is 2. The quantitative estimate of drug-likeness (QED) is 0.695. The molecule has 0 N–H and O–H groups in total. The third-order valence-electron chi connectivity index (χ3n) is 4.23. The highest BCUT2D eigenvalue weighted by molar-refractivity contribution is 5.83. The van der Waals surface area contributed by atoms with Crippen LogP contribution < -0.4 is 9.80 Å². The summed E-state index contributed by atoms with van der Waals surface area (Å²) in [5, 5.41) is 8.99. The number of rotatable bonds is 2. The van der Waals surface area contributed by atoms with Gasteiger partial charge >= 0.3 is 0 Å². The lowest BCUT2D eigenvalue weighted by molar-refractivity contribution is 0.642. The molecule has 3 aromatic rings. The Bertz CT molecular complexity index is 917. The predicted octanol–water partition coefficient (Wildman–Crippen LogP) is 0.957. The van der Waals surface area contributed by atoms with Crippen molar-refractivity contribution in [1.29, 1.82) is 5.26 Å². The molecule has 0 spiro atoms. The Balaban J connectivity index is 1.54. The Morgan fingerprint density at radius 3 is 2.62 bits per heavy atom. The first-order chi connectivity index (χ1) is 11.8. The summed E-state index contributed by atoms with van der Waals surface area (Å²) >= 11 is 0. The van der Waals surface area contributed by atoms with E-state index in [0.717, 1.165) is 49.0 Å². The van der Waals surface area contributed by atoms with Gasteiger partial charge in [-0.1, -0.05) is 6.07 Å². The molecule has 3 aromatic heterocycles. The molecule has 0 bridgehead atoms. The second kappa shape index (κ2) is 5.77. The number of pyridine rings is 1. The van der Waals surface area contributed by atoms with Gasteiger partial charge in [0.2, 0.25) is 0 Å². The van der Waals surface area contributed by atoms with E-state index in [9.17, 15) is 0 Å². The standard InChI is InChI=1S/C16H16N8/c1-22-11-20-14-15(22)18-10-19-16(14)24-7-5-23(6-8-24)13-4-2-3-12(9-17)21-13/h2-4,10-11H,5-8H2,1H3. The van der Waals surface area contributed by atoms with Gasteiger partial charge in [0, 0.05) is 33.2 Å². The van der Waals surface area contributed by atoms with Crippen molar-refractivity contribution >= 4 is 22.8 Å². The predicted molar refractivity (Wildman–Crippen MR) is 89.7 cm³/mol. The fourth-order valence-electron chi connectivity index (χ4n) is 2.97. The van der Waals surface area contributed by atoms with Gasteiger partial charge in [-0.25, -0.2) is 19.9 Å². The first-order valence-electron chi connectivity index (χ1n) is 7.75. The maximum absolute atomic E-state index is 8.99. The summed E-state index contributed by atoms with van der Waals surface area (Å²) < 4.78 is 1.90. The molecule has 1 aliphatic heterocycles. The topological polar surface area (TPSA) is 86.8 Å². The van der Waals surface area contributed by atoms with Gasteiger partial charge in [0.15, 0.2) is 17.0 Å². The minimum atomic E-state index is 0.445. The van der Waals surface area contributed by atoms with Gasteiger partial charge in [-0.05, 0) is 12.1 Å². The van der Waals surface area contributed by atoms with E-state index in [-0.39, 0.29) is 0 Å². The van der Waals surface area contributed by atoms with Crippen LogP contribution in [0.3, 0.4) is 0 Å². The van der Waals surface area contributed by atoms with Gasteiger partial charge < -0.3 is 14.4 Å². The molecule has 0 atom stereocenters. The van der Waals surface area contributed by atoms with Gasteiger partial charge in [0.25, 0.3) is 0 Å². The number of piperazine rings is 1. The van der Waals surface area contributed by atoms with E-state index in [1.165, 1.54) is 0 Å². The highest BCUT2D eigenvalue weighted by Gasteiger charge is 2.22. The van der Waals surface area contributed by atoms with Crippen LogP contribution in [0.4, 0.5) is 11.6 Å². The molecule has 24 heavy (non-hydrogen) atoms. The van der Waals surface area contributed by atoms with E-state index in [4.69, 9.17) is 5.26 Å². The molecule has 0 aliphatic carbocycles. The summed E-state index contributed by atoms with van der Waals surface area (Å²) in [5.41, 5.74) is 2.12. The number of fused-ring (bicyclic) bond motifs is 1. The smallest absolute Gasteiger partial charge is 0.165 e. The third kappa shape index (κ3) is 2.40. The minimum Gasteiger partial charge on any atom is -0.353 e. The number of nitrogens with zero attached hydrogens (tertiary/aromatic N) is 8. The van der Waals surface area contributed by atoms with Gasteiger partial charge in [-0.15, -0.1) is 0 Å². The average molecular weight is 320 g/mol. The molecule has 4 rings (SSSR count). The van der Waals surface area contributed by atoms with Crippen molar-refractivity contribution in [2.45, 2.75) is 0 Å². The summed E-state index contributed by atoms with van der Waals surface area (Å²) in [6.45, 7) is 3.28. The number of hydrogen-bond acceptors (Lipinski definition) is 7. The summed E-state index contributed by atoms with van der Waals surface area (Å²) in [6, 6.07) is 7.62. The molecule has 120 valence electrons. The molecular formula is C16H16N8. The monoisotopic (exact) mass is 320 g/mol. The van der Waals surface area contributed by atoms with Crippen molar-refractivity contribution in [2.24, 2.45) is 7.05 Å². The van der Waals surface area contributed by atoms with E-state index in [0.29, 0.717) is 5.69 Å². The SMILES string of the molecule is Cn1cnc2c(N3CCN(c4cccc(C#N)n4)CC3)ncnc21. The number of hydrogen-bond donors (Lipinski definition) is 0. The van der Waals surface area contributed by atoms with Crippen LogP contribution in [0.25, 0.3) is 11.2 Å². The number of aryl methyl sites for hydroxylation is 1. The minimum absolute atomic E-state index is 0.445. The number of nitriles is 1. The summed E-state index contributed by atoms with van der Waals surface area (Å²) in [5.74, 6) is 1.72. The lowest BCUT2D eigenvalue weighted by Crippen LogP contribution is -2.47. The van der Waals surface area contributed by atoms with Crippen LogP contribution in [0.15, 0.2) is 30.9 Å². The first-order valence-corrected chi connectivity index (χ1v) is 7.75. The Kier molecular flexibility index (Phi) is 3.46. The molecule has 0 amide bonds. The van der Waals surface area contributed by atoms with Crippen LogP contribution in [-0.2, 0) is 7.05 Å². The van der Waals surface area contributed by atoms with Crippen LogP contribution >= 0.6 is 0 Å². The van der Waals surface area contributed by atoms with E-state index in [1.807, 2.05) is 23.7 Å². The largest absolute Gasteiger partial charge is 0.353 e. The number of imidazole rings is 1. The number of aromatic nitrogens is 5. The van der Waals surface area contributed by atoms with Crippen molar-refractivity contribution in [1.82, 2.24) is 24.5 Å². The van der Waals surface area contributed by atoms with Crippen LogP contribution in [0.5, 0.6) is 0 Å². The van der Waals surface area contributed by atoms with Crippen LogP contribution in [0, 0.1) is 11.3 Å². The summed E-state index contributed by atoms with van der Waals surface area (Å²) in [7, 11) is 1.93. The van der Waals surface area contributed by atoms with Gasteiger partial charge in [-0.3, -0.25) is 0 Å². The average Bonchev–Trinajstić information content (AvgIpc) is 3.03. The Morgan fingerprint density at radius 1 is 1.04 bits per heavy atom. The molecule has 1 fully saturated rings. The van der Waals surface area contributed by atoms with Crippen molar-refractivity contribution in [2.75, 3.05) is 36.0 Å². The van der Waals surface area contributed by atoms with Gasteiger partial charge in [-0.2, -0.15) is 5.26 Å². The Labute approximate surface area is 139 Å². The fraction of sp³-hybridized carbons (Fsp3) is 0.312. The van der Waals surface area contributed by atoms with Crippen molar-refractivity contribution in [3.05, 3.63) is 36.5 Å². The first kappa shape index (κ1) is 14.4. The molecule has 0 saturated carbocycles. The van der Waals surface area contributed by atoms with Crippen LogP contribution in [0.2, 0.25) is 0 Å². The molecule has 1 aliphatic rings. The second-order valence-corrected chi connectivity index (χ2v) is 5.69. The van der Waals surface area contributed by atoms with Crippen LogP contribution in [-0.4, -0.2) is 50.7 Å². The van der Waals surface area contributed by atoms with Crippen molar-refractivity contribution in [3.8, 4) is 6.07 Å². The molecule has 4 heterocycles. The zero-order valence-electron chi connectivity index (χ0n) is 13.3. The van der Waals surface area contributed by atoms with Crippen LogP contribution in [0.1, 0.15) is 5.69 Å². The maximum atomic E-state index is 8.99. The molecule has 8 nitrogen and oxygen atoms in total. The molecular weight excluding hydrogens is 304 g/mol. The highest BCUT2D eigenvalue weighted by Crippen LogP contribution is 2.23. The van der Waals surface area contributed by atoms with Gasteiger partial charge in [0.05, 0.1) is 6.33 Å². The normalized spacial score (nSPS) is 14.8. The fourth-order valence-corrected chi connectivity index (χ4v) is 2.97. The van der Waals surface area contributed by atoms with E-state index < -0.39 is 0 Å². The van der Waals surface area contributed by atoms with E-state index in [2.05, 4.69) is 35.8 Å². The van der Waals surface area contributed by atoms with Crippen molar-refractivity contribution in [3.63, 3.8) is 0 Å².